The molecule has 0 radical (unpaired) electrons. The Morgan fingerprint density at radius 2 is 1.60 bits per heavy atom. The van der Waals surface area contributed by atoms with Crippen molar-refractivity contribution in [2.24, 2.45) is 5.73 Å². The second kappa shape index (κ2) is 12.4. The molecule has 15 heteroatoms. The Kier molecular flexibility index (Phi) is 9.10. The van der Waals surface area contributed by atoms with E-state index in [9.17, 15) is 28.0 Å². The first-order valence-corrected chi connectivity index (χ1v) is 13.0. The van der Waals surface area contributed by atoms with E-state index in [2.05, 4.69) is 4.98 Å². The van der Waals surface area contributed by atoms with Gasteiger partial charge in [0.2, 0.25) is 5.88 Å². The molecule has 0 saturated heterocycles. The van der Waals surface area contributed by atoms with Gasteiger partial charge in [0.25, 0.3) is 0 Å². The molecule has 1 unspecified atom stereocenters. The van der Waals surface area contributed by atoms with Crippen molar-refractivity contribution in [2.75, 3.05) is 19.1 Å². The molecule has 1 aliphatic heterocycles. The maximum atomic E-state index is 13.2. The van der Waals surface area contributed by atoms with E-state index >= 15 is 0 Å². The highest BCUT2D eigenvalue weighted by atomic mass is 35.5. The molecule has 1 aromatic heterocycles. The summed E-state index contributed by atoms with van der Waals surface area (Å²) in [5.74, 6) is -3.98. The van der Waals surface area contributed by atoms with Crippen molar-refractivity contribution in [1.29, 1.82) is 5.26 Å². The first kappa shape index (κ1) is 31.5. The van der Waals surface area contributed by atoms with E-state index in [0.29, 0.717) is 17.8 Å². The number of hydrogen-bond donors (Lipinski definition) is 1. The van der Waals surface area contributed by atoms with Gasteiger partial charge in [0.15, 0.2) is 5.75 Å². The molecular weight excluding hydrogens is 636 g/mol. The van der Waals surface area contributed by atoms with Crippen LogP contribution in [0.1, 0.15) is 17.0 Å². The van der Waals surface area contributed by atoms with Gasteiger partial charge >= 0.3 is 18.1 Å². The van der Waals surface area contributed by atoms with Gasteiger partial charge in [0, 0.05) is 6.20 Å². The smallest absolute Gasteiger partial charge is 0.417 e. The van der Waals surface area contributed by atoms with E-state index < -0.39 is 40.5 Å². The summed E-state index contributed by atoms with van der Waals surface area (Å²) in [7, 11) is 2.18. The molecule has 0 bridgehead atoms. The Balaban J connectivity index is 1.90. The highest BCUT2D eigenvalue weighted by Gasteiger charge is 2.43. The van der Waals surface area contributed by atoms with E-state index in [4.69, 9.17) is 54.7 Å². The van der Waals surface area contributed by atoms with E-state index in [-0.39, 0.29) is 44.1 Å². The van der Waals surface area contributed by atoms with Crippen LogP contribution in [0, 0.1) is 11.3 Å². The lowest BCUT2D eigenvalue weighted by atomic mass is 9.81. The lowest BCUT2D eigenvalue weighted by Crippen LogP contribution is -2.40. The second-order valence-electron chi connectivity index (χ2n) is 8.68. The molecule has 2 N–H and O–H groups in total. The minimum Gasteiger partial charge on any atom is -0.466 e. The van der Waals surface area contributed by atoms with E-state index in [0.717, 1.165) is 19.1 Å². The Labute approximate surface area is 257 Å². The number of nitrogens with zero attached hydrogens (tertiary/aromatic N) is 3. The van der Waals surface area contributed by atoms with E-state index in [1.54, 1.807) is 30.3 Å². The van der Waals surface area contributed by atoms with Crippen LogP contribution < -0.4 is 15.4 Å². The average molecular weight is 654 g/mol. The number of esters is 2. The number of allylic oxidation sites excluding steroid dienone is 1. The quantitative estimate of drug-likeness (QED) is 0.287. The number of carbonyl (C=O) groups excluding carboxylic acids is 2. The number of carbonyl (C=O) groups is 2. The number of anilines is 1. The van der Waals surface area contributed by atoms with Crippen molar-refractivity contribution in [2.45, 2.75) is 12.1 Å². The zero-order valence-corrected chi connectivity index (χ0v) is 24.3. The van der Waals surface area contributed by atoms with Crippen LogP contribution in [0.15, 0.2) is 77.4 Å². The third kappa shape index (κ3) is 6.06. The summed E-state index contributed by atoms with van der Waals surface area (Å²) in [6, 6.07) is 13.4. The van der Waals surface area contributed by atoms with Gasteiger partial charge in [-0.15, -0.1) is 0 Å². The number of benzene rings is 2. The SMILES string of the molecule is COC(=O)C1=C(C(=O)OC)N(c2cc(Cl)c(Oc3ncc(C(F)(F)F)cc3Cl)c(Cl)c2)C(N)=C(C#N)C1c1ccccc1. The van der Waals surface area contributed by atoms with Gasteiger partial charge < -0.3 is 19.9 Å². The molecule has 1 atom stereocenters. The average Bonchev–Trinajstić information content (AvgIpc) is 2.97. The molecule has 2 heterocycles. The Morgan fingerprint density at radius 3 is 2.12 bits per heavy atom. The molecule has 0 fully saturated rings. The van der Waals surface area contributed by atoms with Gasteiger partial charge in [-0.25, -0.2) is 14.6 Å². The number of pyridine rings is 1. The van der Waals surface area contributed by atoms with Gasteiger partial charge in [-0.3, -0.25) is 4.90 Å². The van der Waals surface area contributed by atoms with Crippen LogP contribution in [0.3, 0.4) is 0 Å². The third-order valence-corrected chi connectivity index (χ3v) is 7.02. The number of aromatic nitrogens is 1. The van der Waals surface area contributed by atoms with Crippen LogP contribution >= 0.6 is 34.8 Å². The molecule has 0 aliphatic carbocycles. The Morgan fingerprint density at radius 1 is 1.00 bits per heavy atom. The molecule has 0 saturated carbocycles. The molecule has 222 valence electrons. The van der Waals surface area contributed by atoms with Crippen molar-refractivity contribution in [1.82, 2.24) is 4.98 Å². The number of nitrogens with two attached hydrogens (primary N) is 1. The van der Waals surface area contributed by atoms with Crippen LogP contribution in [-0.2, 0) is 25.2 Å². The molecule has 43 heavy (non-hydrogen) atoms. The number of halogens is 6. The number of alkyl halides is 3. The van der Waals surface area contributed by atoms with Crippen LogP contribution in [-0.4, -0.2) is 31.1 Å². The predicted molar refractivity (Wildman–Crippen MR) is 150 cm³/mol. The summed E-state index contributed by atoms with van der Waals surface area (Å²) < 4.78 is 54.5. The summed E-state index contributed by atoms with van der Waals surface area (Å²) >= 11 is 18.9. The minimum atomic E-state index is -4.69. The zero-order valence-electron chi connectivity index (χ0n) is 22.0. The van der Waals surface area contributed by atoms with Gasteiger partial charge in [0.1, 0.15) is 16.5 Å². The summed E-state index contributed by atoms with van der Waals surface area (Å²) in [5.41, 5.74) is 5.08. The largest absolute Gasteiger partial charge is 0.466 e. The molecule has 0 spiro atoms. The molecule has 9 nitrogen and oxygen atoms in total. The van der Waals surface area contributed by atoms with Gasteiger partial charge in [-0.1, -0.05) is 65.1 Å². The topological polar surface area (TPSA) is 128 Å². The predicted octanol–water partition coefficient (Wildman–Crippen LogP) is 6.75. The summed E-state index contributed by atoms with van der Waals surface area (Å²) in [6.07, 6.45) is -4.17. The minimum absolute atomic E-state index is 0.00705. The Hall–Kier alpha value is -4.44. The van der Waals surface area contributed by atoms with Crippen molar-refractivity contribution in [3.05, 3.63) is 104 Å². The maximum Gasteiger partial charge on any atom is 0.417 e. The highest BCUT2D eigenvalue weighted by molar-refractivity contribution is 6.38. The van der Waals surface area contributed by atoms with Gasteiger partial charge in [0.05, 0.1) is 58.6 Å². The summed E-state index contributed by atoms with van der Waals surface area (Å²) in [5, 5.41) is 9.24. The van der Waals surface area contributed by atoms with Crippen LogP contribution in [0.25, 0.3) is 0 Å². The van der Waals surface area contributed by atoms with Crippen molar-refractivity contribution in [3.8, 4) is 17.7 Å². The van der Waals surface area contributed by atoms with Gasteiger partial charge in [-0.05, 0) is 23.8 Å². The zero-order chi connectivity index (χ0) is 31.6. The van der Waals surface area contributed by atoms with Crippen molar-refractivity contribution < 1.29 is 37.0 Å². The van der Waals surface area contributed by atoms with Crippen LogP contribution in [0.4, 0.5) is 18.9 Å². The first-order valence-electron chi connectivity index (χ1n) is 11.9. The van der Waals surface area contributed by atoms with Gasteiger partial charge in [-0.2, -0.15) is 18.4 Å². The monoisotopic (exact) mass is 652 g/mol. The highest BCUT2D eigenvalue weighted by Crippen LogP contribution is 2.47. The molecular formula is C28H18Cl3F3N4O5. The lowest BCUT2D eigenvalue weighted by molar-refractivity contribution is -0.139. The number of hydrogen-bond acceptors (Lipinski definition) is 9. The van der Waals surface area contributed by atoms with Crippen LogP contribution in [0.5, 0.6) is 11.6 Å². The molecule has 4 rings (SSSR count). The molecule has 2 aromatic carbocycles. The third-order valence-electron chi connectivity index (χ3n) is 6.19. The second-order valence-corrected chi connectivity index (χ2v) is 9.91. The first-order chi connectivity index (χ1) is 20.3. The number of ether oxygens (including phenoxy) is 3. The lowest BCUT2D eigenvalue weighted by Gasteiger charge is -2.36. The standard InChI is InChI=1S/C28H18Cl3F3N4O5/c1-41-26(39)21-20(13-6-4-3-5-7-13)16(11-35)24(36)38(22(21)27(40)42-2)15-9-17(29)23(18(30)10-15)43-25-19(31)8-14(12-37-25)28(32,33)34/h3-10,12,20H,36H2,1-2H3. The van der Waals surface area contributed by atoms with E-state index in [1.807, 2.05) is 6.07 Å². The van der Waals surface area contributed by atoms with Crippen molar-refractivity contribution >= 4 is 52.4 Å². The fraction of sp³-hybridized carbons (Fsp3) is 0.143. The summed E-state index contributed by atoms with van der Waals surface area (Å²) in [4.78, 5) is 31.1. The number of nitriles is 1. The van der Waals surface area contributed by atoms with Crippen molar-refractivity contribution in [3.63, 3.8) is 0 Å². The number of methoxy groups -OCH3 is 2. The fourth-order valence-corrected chi connectivity index (χ4v) is 5.06. The fourth-order valence-electron chi connectivity index (χ4n) is 4.31. The van der Waals surface area contributed by atoms with Crippen LogP contribution in [0.2, 0.25) is 15.1 Å². The molecule has 1 aliphatic rings. The molecule has 3 aromatic rings. The molecule has 0 amide bonds. The Bertz CT molecular complexity index is 1700. The maximum absolute atomic E-state index is 13.2. The summed E-state index contributed by atoms with van der Waals surface area (Å²) in [6.45, 7) is 0. The van der Waals surface area contributed by atoms with E-state index in [1.165, 1.54) is 12.1 Å². The normalized spacial score (nSPS) is 15.2. The number of rotatable bonds is 6.